The van der Waals surface area contributed by atoms with Gasteiger partial charge in [0, 0.05) is 25.0 Å². The van der Waals surface area contributed by atoms with Crippen LogP contribution < -0.4 is 10.5 Å². The number of hydrogen-bond donors (Lipinski definition) is 2. The number of benzene rings is 1. The molecule has 9 heteroatoms. The zero-order chi connectivity index (χ0) is 15.5. The number of nitro benzene ring substituents is 1. The summed E-state index contributed by atoms with van der Waals surface area (Å²) in [5.74, 6) is 0. The molecule has 0 aliphatic carbocycles. The summed E-state index contributed by atoms with van der Waals surface area (Å²) >= 11 is 0. The highest BCUT2D eigenvalue weighted by molar-refractivity contribution is 7.89. The van der Waals surface area contributed by atoms with Gasteiger partial charge in [-0.15, -0.1) is 0 Å². The predicted octanol–water partition coefficient (Wildman–Crippen LogP) is 1.25. The van der Waals surface area contributed by atoms with Gasteiger partial charge in [-0.25, -0.2) is 13.6 Å². The van der Waals surface area contributed by atoms with E-state index in [0.29, 0.717) is 0 Å². The van der Waals surface area contributed by atoms with Gasteiger partial charge in [-0.3, -0.25) is 15.1 Å². The number of nitrogens with zero attached hydrogens (tertiary/aromatic N) is 2. The average Bonchev–Trinajstić information content (AvgIpc) is 2.45. The van der Waals surface area contributed by atoms with E-state index in [1.165, 1.54) is 0 Å². The fraction of sp³-hybridized carbons (Fsp3) is 0.0833. The maximum Gasteiger partial charge on any atom is 0.292 e. The first-order valence-electron chi connectivity index (χ1n) is 5.82. The molecular weight excluding hydrogens is 296 g/mol. The minimum Gasteiger partial charge on any atom is -0.375 e. The largest absolute Gasteiger partial charge is 0.375 e. The number of rotatable bonds is 5. The van der Waals surface area contributed by atoms with E-state index in [1.54, 1.807) is 24.5 Å². The summed E-state index contributed by atoms with van der Waals surface area (Å²) in [6, 6.07) is 6.83. The first-order chi connectivity index (χ1) is 9.88. The molecule has 1 aromatic carbocycles. The molecule has 0 saturated heterocycles. The first kappa shape index (κ1) is 14.9. The van der Waals surface area contributed by atoms with Gasteiger partial charge in [-0.05, 0) is 29.8 Å². The van der Waals surface area contributed by atoms with Crippen molar-refractivity contribution in [2.45, 2.75) is 11.4 Å². The van der Waals surface area contributed by atoms with Crippen LogP contribution in [-0.4, -0.2) is 18.3 Å². The van der Waals surface area contributed by atoms with Crippen molar-refractivity contribution in [3.63, 3.8) is 0 Å². The fourth-order valence-electron chi connectivity index (χ4n) is 1.69. The molecule has 3 N–H and O–H groups in total. The Morgan fingerprint density at radius 1 is 1.24 bits per heavy atom. The van der Waals surface area contributed by atoms with Crippen molar-refractivity contribution >= 4 is 21.4 Å². The van der Waals surface area contributed by atoms with Crippen LogP contribution in [0.25, 0.3) is 0 Å². The third-order valence-electron chi connectivity index (χ3n) is 2.73. The Labute approximate surface area is 120 Å². The number of primary sulfonamides is 1. The van der Waals surface area contributed by atoms with Gasteiger partial charge >= 0.3 is 0 Å². The summed E-state index contributed by atoms with van der Waals surface area (Å²) in [6.07, 6.45) is 3.18. The van der Waals surface area contributed by atoms with Crippen molar-refractivity contribution in [3.05, 3.63) is 58.4 Å². The summed E-state index contributed by atoms with van der Waals surface area (Å²) in [5, 5.41) is 18.8. The second-order valence-corrected chi connectivity index (χ2v) is 5.75. The first-order valence-corrected chi connectivity index (χ1v) is 7.36. The van der Waals surface area contributed by atoms with E-state index >= 15 is 0 Å². The van der Waals surface area contributed by atoms with Gasteiger partial charge in [-0.2, -0.15) is 0 Å². The molecule has 2 rings (SSSR count). The minimum absolute atomic E-state index is 0.0864. The van der Waals surface area contributed by atoms with Crippen LogP contribution in [0.5, 0.6) is 0 Å². The number of nitrogens with one attached hydrogen (secondary N) is 1. The molecule has 0 radical (unpaired) electrons. The fourth-order valence-corrected chi connectivity index (χ4v) is 2.23. The molecule has 0 aliphatic rings. The van der Waals surface area contributed by atoms with Crippen LogP contribution in [0.1, 0.15) is 5.56 Å². The van der Waals surface area contributed by atoms with E-state index in [0.717, 1.165) is 23.8 Å². The molecule has 0 atom stereocenters. The van der Waals surface area contributed by atoms with Crippen LogP contribution in [0.2, 0.25) is 0 Å². The van der Waals surface area contributed by atoms with E-state index < -0.39 is 14.9 Å². The van der Waals surface area contributed by atoms with Gasteiger partial charge in [-0.1, -0.05) is 0 Å². The van der Waals surface area contributed by atoms with Crippen LogP contribution in [0.3, 0.4) is 0 Å². The molecular formula is C12H12N4O4S. The average molecular weight is 308 g/mol. The van der Waals surface area contributed by atoms with Gasteiger partial charge in [0.1, 0.15) is 5.69 Å². The monoisotopic (exact) mass is 308 g/mol. The highest BCUT2D eigenvalue weighted by atomic mass is 32.2. The molecule has 110 valence electrons. The van der Waals surface area contributed by atoms with Crippen LogP contribution in [0.15, 0.2) is 47.6 Å². The van der Waals surface area contributed by atoms with E-state index in [-0.39, 0.29) is 22.8 Å². The molecule has 1 aromatic heterocycles. The summed E-state index contributed by atoms with van der Waals surface area (Å²) in [6.45, 7) is 0.289. The summed E-state index contributed by atoms with van der Waals surface area (Å²) < 4.78 is 22.6. The molecule has 2 aromatic rings. The maximum absolute atomic E-state index is 11.3. The summed E-state index contributed by atoms with van der Waals surface area (Å²) in [7, 11) is -3.92. The topological polar surface area (TPSA) is 128 Å². The Morgan fingerprint density at radius 2 is 1.90 bits per heavy atom. The van der Waals surface area contributed by atoms with E-state index in [1.807, 2.05) is 0 Å². The number of nitrogens with two attached hydrogens (primary N) is 1. The quantitative estimate of drug-likeness (QED) is 0.632. The van der Waals surface area contributed by atoms with Crippen molar-refractivity contribution in [1.29, 1.82) is 0 Å². The third-order valence-corrected chi connectivity index (χ3v) is 3.64. The lowest BCUT2D eigenvalue weighted by molar-refractivity contribution is -0.384. The van der Waals surface area contributed by atoms with Gasteiger partial charge < -0.3 is 5.32 Å². The summed E-state index contributed by atoms with van der Waals surface area (Å²) in [5.41, 5.74) is 0.708. The number of aromatic nitrogens is 1. The Kier molecular flexibility index (Phi) is 4.15. The second kappa shape index (κ2) is 5.85. The lowest BCUT2D eigenvalue weighted by Gasteiger charge is -2.08. The molecule has 1 heterocycles. The van der Waals surface area contributed by atoms with E-state index in [9.17, 15) is 18.5 Å². The zero-order valence-electron chi connectivity index (χ0n) is 10.8. The Morgan fingerprint density at radius 3 is 2.48 bits per heavy atom. The minimum atomic E-state index is -3.92. The molecule has 0 aliphatic heterocycles. The standard InChI is InChI=1S/C12H12N4O4S/c13-21(19,20)10-1-2-12(16(17)18)11(7-10)15-8-9-3-5-14-6-4-9/h1-7,15H,8H2,(H2,13,19,20). The number of anilines is 1. The molecule has 0 amide bonds. The van der Waals surface area contributed by atoms with Crippen molar-refractivity contribution in [2.24, 2.45) is 5.14 Å². The normalized spacial score (nSPS) is 11.1. The highest BCUT2D eigenvalue weighted by Gasteiger charge is 2.17. The molecule has 0 unspecified atom stereocenters. The lowest BCUT2D eigenvalue weighted by atomic mass is 10.2. The highest BCUT2D eigenvalue weighted by Crippen LogP contribution is 2.27. The van der Waals surface area contributed by atoms with Crippen molar-refractivity contribution < 1.29 is 13.3 Å². The number of nitro groups is 1. The Bertz CT molecular complexity index is 762. The van der Waals surface area contributed by atoms with Crippen LogP contribution in [0.4, 0.5) is 11.4 Å². The Balaban J connectivity index is 2.33. The van der Waals surface area contributed by atoms with E-state index in [4.69, 9.17) is 5.14 Å². The lowest BCUT2D eigenvalue weighted by Crippen LogP contribution is -2.13. The number of hydrogen-bond acceptors (Lipinski definition) is 6. The smallest absolute Gasteiger partial charge is 0.292 e. The third kappa shape index (κ3) is 3.74. The molecule has 8 nitrogen and oxygen atoms in total. The molecule has 0 spiro atoms. The molecule has 0 bridgehead atoms. The van der Waals surface area contributed by atoms with Gasteiger partial charge in [0.2, 0.25) is 10.0 Å². The summed E-state index contributed by atoms with van der Waals surface area (Å²) in [4.78, 5) is 14.0. The van der Waals surface area contributed by atoms with Crippen molar-refractivity contribution in [2.75, 3.05) is 5.32 Å². The van der Waals surface area contributed by atoms with Crippen LogP contribution in [0, 0.1) is 10.1 Å². The molecule has 21 heavy (non-hydrogen) atoms. The van der Waals surface area contributed by atoms with Gasteiger partial charge in [0.25, 0.3) is 5.69 Å². The number of pyridine rings is 1. The van der Waals surface area contributed by atoms with Crippen molar-refractivity contribution in [3.8, 4) is 0 Å². The second-order valence-electron chi connectivity index (χ2n) is 4.19. The van der Waals surface area contributed by atoms with Crippen LogP contribution in [-0.2, 0) is 16.6 Å². The van der Waals surface area contributed by atoms with Gasteiger partial charge in [0.15, 0.2) is 0 Å². The molecule has 0 saturated carbocycles. The van der Waals surface area contributed by atoms with Crippen molar-refractivity contribution in [1.82, 2.24) is 4.98 Å². The SMILES string of the molecule is NS(=O)(=O)c1ccc([N+](=O)[O-])c(NCc2ccncc2)c1. The van der Waals surface area contributed by atoms with Crippen LogP contribution >= 0.6 is 0 Å². The Hall–Kier alpha value is -2.52. The predicted molar refractivity (Wildman–Crippen MR) is 76.0 cm³/mol. The zero-order valence-corrected chi connectivity index (χ0v) is 11.6. The number of sulfonamides is 1. The maximum atomic E-state index is 11.3. The van der Waals surface area contributed by atoms with E-state index in [2.05, 4.69) is 10.3 Å². The van der Waals surface area contributed by atoms with Gasteiger partial charge in [0.05, 0.1) is 9.82 Å². The molecule has 0 fully saturated rings.